The van der Waals surface area contributed by atoms with Crippen LogP contribution in [0.1, 0.15) is 39.7 Å². The second-order valence-electron chi connectivity index (χ2n) is 5.96. The molecular weight excluding hydrogens is 346 g/mol. The Bertz CT molecular complexity index is 872. The van der Waals surface area contributed by atoms with E-state index in [-0.39, 0.29) is 17.4 Å². The van der Waals surface area contributed by atoms with Gasteiger partial charge in [-0.3, -0.25) is 9.59 Å². The maximum absolute atomic E-state index is 12.1. The highest BCUT2D eigenvalue weighted by atomic mass is 32.2. The summed E-state index contributed by atoms with van der Waals surface area (Å²) in [5.74, 6) is -0.0616. The van der Waals surface area contributed by atoms with E-state index in [1.165, 1.54) is 29.8 Å². The molecule has 1 amide bonds. The summed E-state index contributed by atoms with van der Waals surface area (Å²) in [7, 11) is 0. The van der Waals surface area contributed by atoms with E-state index in [4.69, 9.17) is 0 Å². The second kappa shape index (κ2) is 9.16. The van der Waals surface area contributed by atoms with Gasteiger partial charge in [-0.1, -0.05) is 36.0 Å². The number of ketones is 1. The molecule has 1 aromatic carbocycles. The molecule has 2 rings (SSSR count). The fourth-order valence-electron chi connectivity index (χ4n) is 2.54. The van der Waals surface area contributed by atoms with Crippen LogP contribution >= 0.6 is 11.8 Å². The number of aromatic nitrogens is 1. The SMILES string of the molecule is CC(=O)c1cc(C#N)c(SCC(=O)NCCc2ccccc2C)nc1C. The first-order chi connectivity index (χ1) is 12.4. The lowest BCUT2D eigenvalue weighted by molar-refractivity contribution is -0.118. The van der Waals surface area contributed by atoms with Crippen LogP contribution in [0.2, 0.25) is 0 Å². The maximum atomic E-state index is 12.1. The van der Waals surface area contributed by atoms with Crippen molar-refractivity contribution in [2.24, 2.45) is 0 Å². The molecule has 6 heteroatoms. The highest BCUT2D eigenvalue weighted by molar-refractivity contribution is 8.00. The first kappa shape index (κ1) is 19.7. The van der Waals surface area contributed by atoms with E-state index < -0.39 is 0 Å². The Labute approximate surface area is 157 Å². The molecule has 0 aliphatic rings. The van der Waals surface area contributed by atoms with E-state index in [1.54, 1.807) is 13.0 Å². The zero-order chi connectivity index (χ0) is 19.1. The average Bonchev–Trinajstić information content (AvgIpc) is 2.61. The first-order valence-electron chi connectivity index (χ1n) is 8.29. The number of nitrogens with zero attached hydrogens (tertiary/aromatic N) is 2. The third-order valence-corrected chi connectivity index (χ3v) is 4.99. The zero-order valence-corrected chi connectivity index (χ0v) is 15.9. The first-order valence-corrected chi connectivity index (χ1v) is 9.27. The summed E-state index contributed by atoms with van der Waals surface area (Å²) >= 11 is 1.21. The zero-order valence-electron chi connectivity index (χ0n) is 15.1. The van der Waals surface area contributed by atoms with Crippen LogP contribution in [0.4, 0.5) is 0 Å². The second-order valence-corrected chi connectivity index (χ2v) is 6.92. The smallest absolute Gasteiger partial charge is 0.230 e. The Balaban J connectivity index is 1.91. The number of carbonyl (C=O) groups is 2. The number of carbonyl (C=O) groups excluding carboxylic acids is 2. The van der Waals surface area contributed by atoms with Crippen LogP contribution in [0.15, 0.2) is 35.4 Å². The molecule has 0 fully saturated rings. The van der Waals surface area contributed by atoms with Gasteiger partial charge >= 0.3 is 0 Å². The van der Waals surface area contributed by atoms with Crippen molar-refractivity contribution >= 4 is 23.5 Å². The Hall–Kier alpha value is -2.65. The van der Waals surface area contributed by atoms with Crippen LogP contribution in [0.5, 0.6) is 0 Å². The van der Waals surface area contributed by atoms with Gasteiger partial charge in [0.25, 0.3) is 0 Å². The third kappa shape index (κ3) is 5.17. The van der Waals surface area contributed by atoms with E-state index in [1.807, 2.05) is 18.2 Å². The number of thioether (sulfide) groups is 1. The predicted octanol–water partition coefficient (Wildman–Crippen LogP) is 3.22. The number of aryl methyl sites for hydroxylation is 2. The highest BCUT2D eigenvalue weighted by Crippen LogP contribution is 2.23. The summed E-state index contributed by atoms with van der Waals surface area (Å²) < 4.78 is 0. The molecule has 2 aromatic rings. The van der Waals surface area contributed by atoms with Gasteiger partial charge in [0.05, 0.1) is 11.3 Å². The van der Waals surface area contributed by atoms with Gasteiger partial charge in [-0.25, -0.2) is 4.98 Å². The Morgan fingerprint density at radius 2 is 2.00 bits per heavy atom. The maximum Gasteiger partial charge on any atom is 0.230 e. The largest absolute Gasteiger partial charge is 0.355 e. The molecule has 5 nitrogen and oxygen atoms in total. The van der Waals surface area contributed by atoms with Crippen molar-refractivity contribution in [3.63, 3.8) is 0 Å². The van der Waals surface area contributed by atoms with Crippen LogP contribution in [0, 0.1) is 25.2 Å². The third-order valence-electron chi connectivity index (χ3n) is 4.00. The number of hydrogen-bond donors (Lipinski definition) is 1. The van der Waals surface area contributed by atoms with Gasteiger partial charge in [0.15, 0.2) is 5.78 Å². The van der Waals surface area contributed by atoms with E-state index in [9.17, 15) is 14.9 Å². The Morgan fingerprint density at radius 1 is 1.27 bits per heavy atom. The number of hydrogen-bond acceptors (Lipinski definition) is 5. The van der Waals surface area contributed by atoms with Crippen molar-refractivity contribution in [3.8, 4) is 6.07 Å². The van der Waals surface area contributed by atoms with Gasteiger partial charge in [0, 0.05) is 17.8 Å². The topological polar surface area (TPSA) is 82.8 Å². The predicted molar refractivity (Wildman–Crippen MR) is 102 cm³/mol. The van der Waals surface area contributed by atoms with Gasteiger partial charge in [0.1, 0.15) is 11.1 Å². The van der Waals surface area contributed by atoms with Crippen molar-refractivity contribution in [3.05, 3.63) is 58.3 Å². The minimum atomic E-state index is -0.128. The summed E-state index contributed by atoms with van der Waals surface area (Å²) in [4.78, 5) is 27.9. The summed E-state index contributed by atoms with van der Waals surface area (Å²) in [6, 6.07) is 11.7. The molecule has 0 spiro atoms. The van der Waals surface area contributed by atoms with Crippen LogP contribution in [0.3, 0.4) is 0 Å². The quantitative estimate of drug-likeness (QED) is 0.600. The molecule has 1 N–H and O–H groups in total. The average molecular weight is 367 g/mol. The van der Waals surface area contributed by atoms with E-state index in [0.29, 0.717) is 28.4 Å². The number of nitrogens with one attached hydrogen (secondary N) is 1. The summed E-state index contributed by atoms with van der Waals surface area (Å²) in [6.07, 6.45) is 0.775. The lowest BCUT2D eigenvalue weighted by Gasteiger charge is -2.09. The van der Waals surface area contributed by atoms with Crippen molar-refractivity contribution in [1.29, 1.82) is 5.26 Å². The lowest BCUT2D eigenvalue weighted by Crippen LogP contribution is -2.27. The fraction of sp³-hybridized carbons (Fsp3) is 0.300. The summed E-state index contributed by atoms with van der Waals surface area (Å²) in [5, 5.41) is 12.6. The number of Topliss-reactive ketones (excluding diaryl/α,β-unsaturated/α-hetero) is 1. The number of nitriles is 1. The lowest BCUT2D eigenvalue weighted by atomic mass is 10.1. The van der Waals surface area contributed by atoms with Gasteiger partial charge in [-0.15, -0.1) is 0 Å². The van der Waals surface area contributed by atoms with Crippen LogP contribution in [-0.4, -0.2) is 29.0 Å². The number of amides is 1. The normalized spacial score (nSPS) is 10.2. The molecule has 0 bridgehead atoms. The molecule has 1 aromatic heterocycles. The minimum absolute atomic E-state index is 0.109. The molecule has 0 atom stereocenters. The monoisotopic (exact) mass is 367 g/mol. The molecule has 0 radical (unpaired) electrons. The molecule has 0 aliphatic carbocycles. The molecule has 0 saturated heterocycles. The van der Waals surface area contributed by atoms with Crippen LogP contribution in [0.25, 0.3) is 0 Å². The number of pyridine rings is 1. The molecule has 134 valence electrons. The highest BCUT2D eigenvalue weighted by Gasteiger charge is 2.14. The van der Waals surface area contributed by atoms with Crippen LogP contribution in [-0.2, 0) is 11.2 Å². The molecule has 0 unspecified atom stereocenters. The van der Waals surface area contributed by atoms with Crippen molar-refractivity contribution in [1.82, 2.24) is 10.3 Å². The molecule has 0 saturated carbocycles. The van der Waals surface area contributed by atoms with Crippen molar-refractivity contribution < 1.29 is 9.59 Å². The van der Waals surface area contributed by atoms with E-state index in [2.05, 4.69) is 29.4 Å². The standard InChI is InChI=1S/C20H21N3O2S/c1-13-6-4-5-7-16(13)8-9-22-19(25)12-26-20-17(11-21)10-18(15(3)24)14(2)23-20/h4-7,10H,8-9,12H2,1-3H3,(H,22,25). The van der Waals surface area contributed by atoms with Crippen molar-refractivity contribution in [2.45, 2.75) is 32.2 Å². The van der Waals surface area contributed by atoms with E-state index >= 15 is 0 Å². The molecular formula is C20H21N3O2S. The van der Waals surface area contributed by atoms with Gasteiger partial charge < -0.3 is 5.32 Å². The van der Waals surface area contributed by atoms with Crippen LogP contribution < -0.4 is 5.32 Å². The molecule has 0 aliphatic heterocycles. The van der Waals surface area contributed by atoms with Gasteiger partial charge in [-0.2, -0.15) is 5.26 Å². The van der Waals surface area contributed by atoms with Crippen molar-refractivity contribution in [2.75, 3.05) is 12.3 Å². The van der Waals surface area contributed by atoms with E-state index in [0.717, 1.165) is 6.42 Å². The van der Waals surface area contributed by atoms with Gasteiger partial charge in [0.2, 0.25) is 5.91 Å². The minimum Gasteiger partial charge on any atom is -0.355 e. The Morgan fingerprint density at radius 3 is 2.65 bits per heavy atom. The van der Waals surface area contributed by atoms with Gasteiger partial charge in [-0.05, 0) is 44.4 Å². The Kier molecular flexibility index (Phi) is 6.93. The number of benzene rings is 1. The summed E-state index contributed by atoms with van der Waals surface area (Å²) in [5.41, 5.74) is 3.75. The molecule has 1 heterocycles. The summed E-state index contributed by atoms with van der Waals surface area (Å²) in [6.45, 7) is 5.78. The number of rotatable bonds is 7. The molecule has 26 heavy (non-hydrogen) atoms. The fourth-order valence-corrected chi connectivity index (χ4v) is 3.37.